The van der Waals surface area contributed by atoms with Gasteiger partial charge in [-0.1, -0.05) is 0 Å². The zero-order valence-electron chi connectivity index (χ0n) is 4.74. The van der Waals surface area contributed by atoms with Gasteiger partial charge >= 0.3 is 5.97 Å². The summed E-state index contributed by atoms with van der Waals surface area (Å²) in [7, 11) is 0. The van der Waals surface area contributed by atoms with E-state index in [1.165, 1.54) is 0 Å². The van der Waals surface area contributed by atoms with Gasteiger partial charge in [-0.25, -0.2) is 5.01 Å². The second kappa shape index (κ2) is 2.43. The van der Waals surface area contributed by atoms with Gasteiger partial charge in [0.1, 0.15) is 13.2 Å². The number of morpholine rings is 1. The molecule has 0 aromatic heterocycles. The van der Waals surface area contributed by atoms with Crippen molar-refractivity contribution < 1.29 is 9.53 Å². The Morgan fingerprint density at radius 2 is 2.44 bits per heavy atom. The molecule has 9 heavy (non-hydrogen) atoms. The molecule has 0 radical (unpaired) electrons. The summed E-state index contributed by atoms with van der Waals surface area (Å²) in [6.45, 7) is 0.670. The summed E-state index contributed by atoms with van der Waals surface area (Å²) < 4.78 is 4.53. The smallest absolute Gasteiger partial charge is 0.327 e. The average molecular weight is 130 g/mol. The highest BCUT2D eigenvalue weighted by atomic mass is 16.5. The molecule has 1 heterocycles. The number of hydrogen-bond donors (Lipinski definition) is 0. The molecule has 5 heteroatoms. The summed E-state index contributed by atoms with van der Waals surface area (Å²) in [4.78, 5) is 20.1. The molecule has 0 bridgehead atoms. The monoisotopic (exact) mass is 130 g/mol. The Morgan fingerprint density at radius 1 is 1.67 bits per heavy atom. The normalized spacial score (nSPS) is 19.1. The minimum absolute atomic E-state index is 0.0104. The van der Waals surface area contributed by atoms with E-state index in [1.807, 2.05) is 0 Å². The first kappa shape index (κ1) is 6.00. The molecule has 1 saturated heterocycles. The number of carbonyl (C=O) groups is 1. The second-order valence-electron chi connectivity index (χ2n) is 1.69. The molecule has 0 saturated carbocycles. The van der Waals surface area contributed by atoms with Crippen molar-refractivity contribution in [3.63, 3.8) is 0 Å². The van der Waals surface area contributed by atoms with Crippen LogP contribution in [0.25, 0.3) is 0 Å². The molecule has 0 N–H and O–H groups in total. The van der Waals surface area contributed by atoms with Gasteiger partial charge < -0.3 is 4.74 Å². The van der Waals surface area contributed by atoms with Crippen molar-refractivity contribution in [2.45, 2.75) is 0 Å². The molecule has 0 amide bonds. The van der Waals surface area contributed by atoms with Crippen LogP contribution in [0.15, 0.2) is 5.29 Å². The Morgan fingerprint density at radius 3 is 2.89 bits per heavy atom. The van der Waals surface area contributed by atoms with Crippen LogP contribution in [0.4, 0.5) is 0 Å². The van der Waals surface area contributed by atoms with E-state index in [1.54, 1.807) is 0 Å². The van der Waals surface area contributed by atoms with Gasteiger partial charge in [0.15, 0.2) is 0 Å². The molecular formula is C4H6N2O3. The lowest BCUT2D eigenvalue weighted by Crippen LogP contribution is -2.35. The fourth-order valence-corrected chi connectivity index (χ4v) is 0.608. The number of carbonyl (C=O) groups excluding carboxylic acids is 1. The van der Waals surface area contributed by atoms with Crippen LogP contribution >= 0.6 is 0 Å². The minimum Gasteiger partial charge on any atom is -0.462 e. The molecule has 5 nitrogen and oxygen atoms in total. The summed E-state index contributed by atoms with van der Waals surface area (Å²) in [5, 5.41) is 3.71. The minimum atomic E-state index is -0.388. The quantitative estimate of drug-likeness (QED) is 0.355. The van der Waals surface area contributed by atoms with E-state index < -0.39 is 0 Å². The fourth-order valence-electron chi connectivity index (χ4n) is 0.608. The van der Waals surface area contributed by atoms with Crippen molar-refractivity contribution in [3.05, 3.63) is 4.91 Å². The van der Waals surface area contributed by atoms with Crippen molar-refractivity contribution in [3.8, 4) is 0 Å². The predicted molar refractivity (Wildman–Crippen MR) is 28.3 cm³/mol. The van der Waals surface area contributed by atoms with Gasteiger partial charge in [-0.05, 0) is 0 Å². The zero-order chi connectivity index (χ0) is 6.69. The molecule has 0 spiro atoms. The van der Waals surface area contributed by atoms with Crippen LogP contribution in [0.2, 0.25) is 0 Å². The molecule has 1 rings (SSSR count). The second-order valence-corrected chi connectivity index (χ2v) is 1.69. The molecule has 0 atom stereocenters. The van der Waals surface area contributed by atoms with Gasteiger partial charge in [-0.3, -0.25) is 4.79 Å². The van der Waals surface area contributed by atoms with Crippen molar-refractivity contribution in [1.82, 2.24) is 5.01 Å². The molecule has 0 aliphatic carbocycles. The SMILES string of the molecule is O=NN1CCOC(=O)C1. The average Bonchev–Trinajstić information content (AvgIpc) is 1.88. The lowest BCUT2D eigenvalue weighted by atomic mass is 10.5. The highest BCUT2D eigenvalue weighted by Crippen LogP contribution is 1.96. The van der Waals surface area contributed by atoms with Crippen LogP contribution in [0.1, 0.15) is 0 Å². The molecule has 0 aromatic rings. The molecular weight excluding hydrogens is 124 g/mol. The summed E-state index contributed by atoms with van der Waals surface area (Å²) >= 11 is 0. The molecule has 1 aliphatic heterocycles. The number of nitroso groups, excluding NO2 is 1. The van der Waals surface area contributed by atoms with Crippen LogP contribution in [0.3, 0.4) is 0 Å². The molecule has 0 unspecified atom stereocenters. The fraction of sp³-hybridized carbons (Fsp3) is 0.750. The van der Waals surface area contributed by atoms with E-state index in [-0.39, 0.29) is 19.1 Å². The summed E-state index contributed by atoms with van der Waals surface area (Å²) in [5.74, 6) is -0.388. The van der Waals surface area contributed by atoms with Gasteiger partial charge in [-0.2, -0.15) is 0 Å². The number of ether oxygens (including phenoxy) is 1. The Bertz CT molecular complexity index is 136. The van der Waals surface area contributed by atoms with Gasteiger partial charge in [0.25, 0.3) is 0 Å². The number of rotatable bonds is 1. The Balaban J connectivity index is 2.40. The Labute approximate surface area is 51.5 Å². The first-order chi connectivity index (χ1) is 4.33. The van der Waals surface area contributed by atoms with Crippen molar-refractivity contribution >= 4 is 5.97 Å². The summed E-state index contributed by atoms with van der Waals surface area (Å²) in [6, 6.07) is 0. The highest BCUT2D eigenvalue weighted by Gasteiger charge is 2.16. The van der Waals surface area contributed by atoms with Crippen LogP contribution in [-0.2, 0) is 9.53 Å². The summed E-state index contributed by atoms with van der Waals surface area (Å²) in [6.07, 6.45) is 0. The van der Waals surface area contributed by atoms with E-state index in [0.717, 1.165) is 5.01 Å². The third-order valence-electron chi connectivity index (χ3n) is 1.04. The highest BCUT2D eigenvalue weighted by molar-refractivity contribution is 5.72. The largest absolute Gasteiger partial charge is 0.462 e. The third kappa shape index (κ3) is 1.38. The van der Waals surface area contributed by atoms with Crippen molar-refractivity contribution in [1.29, 1.82) is 0 Å². The van der Waals surface area contributed by atoms with Crippen LogP contribution < -0.4 is 0 Å². The maximum Gasteiger partial charge on any atom is 0.327 e. The van der Waals surface area contributed by atoms with Gasteiger partial charge in [0.2, 0.25) is 0 Å². The number of cyclic esters (lactones) is 1. The van der Waals surface area contributed by atoms with E-state index in [9.17, 15) is 9.70 Å². The maximum atomic E-state index is 10.4. The standard InChI is InChI=1S/C4H6N2O3/c7-4-3-6(5-8)1-2-9-4/h1-3H2. The molecule has 1 fully saturated rings. The first-order valence-electron chi connectivity index (χ1n) is 2.57. The van der Waals surface area contributed by atoms with E-state index in [4.69, 9.17) is 0 Å². The van der Waals surface area contributed by atoms with Gasteiger partial charge in [-0.15, -0.1) is 4.91 Å². The number of hydrogen-bond acceptors (Lipinski definition) is 4. The van der Waals surface area contributed by atoms with E-state index >= 15 is 0 Å². The first-order valence-corrected chi connectivity index (χ1v) is 2.57. The third-order valence-corrected chi connectivity index (χ3v) is 1.04. The predicted octanol–water partition coefficient (Wildman–Crippen LogP) is -0.473. The lowest BCUT2D eigenvalue weighted by Gasteiger charge is -2.18. The van der Waals surface area contributed by atoms with E-state index in [2.05, 4.69) is 10.0 Å². The lowest BCUT2D eigenvalue weighted by molar-refractivity contribution is -0.150. The topological polar surface area (TPSA) is 59.0 Å². The maximum absolute atomic E-state index is 10.4. The van der Waals surface area contributed by atoms with Gasteiger partial charge in [0, 0.05) is 0 Å². The van der Waals surface area contributed by atoms with Crippen LogP contribution in [0.5, 0.6) is 0 Å². The molecule has 1 aliphatic rings. The zero-order valence-corrected chi connectivity index (χ0v) is 4.74. The Hall–Kier alpha value is -1.13. The van der Waals surface area contributed by atoms with Crippen molar-refractivity contribution in [2.24, 2.45) is 5.29 Å². The van der Waals surface area contributed by atoms with Gasteiger partial charge in [0.05, 0.1) is 11.8 Å². The number of esters is 1. The van der Waals surface area contributed by atoms with E-state index in [0.29, 0.717) is 6.54 Å². The Kier molecular flexibility index (Phi) is 1.62. The van der Waals surface area contributed by atoms with Crippen molar-refractivity contribution in [2.75, 3.05) is 19.7 Å². The summed E-state index contributed by atoms with van der Waals surface area (Å²) in [5.41, 5.74) is 0. The molecule has 0 aromatic carbocycles. The van der Waals surface area contributed by atoms with Crippen LogP contribution in [-0.4, -0.2) is 30.7 Å². The van der Waals surface area contributed by atoms with Crippen LogP contribution in [0, 0.1) is 4.91 Å². The number of nitrogens with zero attached hydrogens (tertiary/aromatic N) is 2. The molecule has 50 valence electrons.